The maximum Gasteiger partial charge on any atom is 0.499 e. The van der Waals surface area contributed by atoms with Gasteiger partial charge in [-0.2, -0.15) is 0 Å². The summed E-state index contributed by atoms with van der Waals surface area (Å²) < 4.78 is 48.4. The van der Waals surface area contributed by atoms with E-state index in [0.29, 0.717) is 25.7 Å². The Kier molecular flexibility index (Phi) is 4.53. The first kappa shape index (κ1) is 16.2. The maximum atomic E-state index is 12.4. The summed E-state index contributed by atoms with van der Waals surface area (Å²) in [5.74, 6) is 0. The average molecular weight is 349 g/mol. The molecule has 1 aromatic rings. The molecule has 114 valence electrons. The minimum absolute atomic E-state index is 0.125. The molecular weight excluding hydrogens is 336 g/mol. The summed E-state index contributed by atoms with van der Waals surface area (Å²) in [6.45, 7) is 0. The van der Waals surface area contributed by atoms with Crippen LogP contribution in [-0.4, -0.2) is 31.3 Å². The predicted molar refractivity (Wildman–Crippen MR) is 78.4 cm³/mol. The van der Waals surface area contributed by atoms with E-state index in [2.05, 4.69) is 4.79 Å². The van der Waals surface area contributed by atoms with Crippen LogP contribution in [0.3, 0.4) is 0 Å². The second kappa shape index (κ2) is 5.88. The Hall–Kier alpha value is -1.21. The number of benzene rings is 1. The van der Waals surface area contributed by atoms with Gasteiger partial charge in [-0.1, -0.05) is 36.6 Å². The van der Waals surface area contributed by atoms with Gasteiger partial charge in [-0.25, -0.2) is 16.8 Å². The van der Waals surface area contributed by atoms with Crippen molar-refractivity contribution in [2.24, 2.45) is 0 Å². The molecule has 1 saturated carbocycles. The van der Waals surface area contributed by atoms with Crippen LogP contribution in [0.1, 0.15) is 25.7 Å². The molecule has 0 bridgehead atoms. The third-order valence-electron chi connectivity index (χ3n) is 3.42. The molecule has 21 heavy (non-hydrogen) atoms. The number of nitrogens with zero attached hydrogens (tertiary/aromatic N) is 2. The SMILES string of the molecule is [N-]=[N+]=C(S(=O)(=O)c1ccccc1Cl)S(=O)(=O)C1CCCC1. The van der Waals surface area contributed by atoms with Gasteiger partial charge in [-0.3, -0.25) is 0 Å². The van der Waals surface area contributed by atoms with Gasteiger partial charge in [0.2, 0.25) is 0 Å². The molecule has 0 N–H and O–H groups in total. The molecule has 0 aromatic heterocycles. The number of rotatable bonds is 2. The van der Waals surface area contributed by atoms with Crippen LogP contribution in [-0.2, 0) is 19.7 Å². The molecular formula is C12H13ClN2O4S2. The second-order valence-corrected chi connectivity index (χ2v) is 9.39. The van der Waals surface area contributed by atoms with Gasteiger partial charge in [0.15, 0.2) is 0 Å². The molecule has 0 radical (unpaired) electrons. The van der Waals surface area contributed by atoms with E-state index in [1.165, 1.54) is 24.3 Å². The van der Waals surface area contributed by atoms with E-state index < -0.39 is 29.3 Å². The molecule has 6 nitrogen and oxygen atoms in total. The Bertz CT molecular complexity index is 805. The summed E-state index contributed by atoms with van der Waals surface area (Å²) >= 11 is 5.81. The zero-order valence-electron chi connectivity index (χ0n) is 10.9. The van der Waals surface area contributed by atoms with Gasteiger partial charge in [0.05, 0.1) is 15.2 Å². The number of halogens is 1. The third-order valence-corrected chi connectivity index (χ3v) is 8.61. The zero-order valence-corrected chi connectivity index (χ0v) is 13.3. The smallest absolute Gasteiger partial charge is 0.359 e. The van der Waals surface area contributed by atoms with E-state index in [1.54, 1.807) is 0 Å². The predicted octanol–water partition coefficient (Wildman–Crippen LogP) is 2.06. The van der Waals surface area contributed by atoms with Crippen molar-refractivity contribution >= 4 is 35.7 Å². The summed E-state index contributed by atoms with van der Waals surface area (Å²) in [5.41, 5.74) is 9.00. The fraction of sp³-hybridized carbons (Fsp3) is 0.417. The van der Waals surface area contributed by atoms with Crippen LogP contribution in [0.4, 0.5) is 0 Å². The van der Waals surface area contributed by atoms with Crippen molar-refractivity contribution in [2.45, 2.75) is 35.8 Å². The molecule has 1 aliphatic carbocycles. The fourth-order valence-electron chi connectivity index (χ4n) is 2.36. The van der Waals surface area contributed by atoms with Crippen molar-refractivity contribution in [1.82, 2.24) is 0 Å². The highest BCUT2D eigenvalue weighted by Gasteiger charge is 2.48. The molecule has 0 saturated heterocycles. The Morgan fingerprint density at radius 2 is 1.71 bits per heavy atom. The molecule has 2 rings (SSSR count). The lowest BCUT2D eigenvalue weighted by Gasteiger charge is -2.08. The van der Waals surface area contributed by atoms with Crippen molar-refractivity contribution in [3.63, 3.8) is 0 Å². The number of hydrogen-bond donors (Lipinski definition) is 0. The standard InChI is InChI=1S/C12H13ClN2O4S2/c13-10-7-3-4-8-11(10)21(18,19)12(15-14)20(16,17)9-5-1-2-6-9/h3-4,7-9H,1-2,5-6H2. The van der Waals surface area contributed by atoms with E-state index in [0.717, 1.165) is 0 Å². The van der Waals surface area contributed by atoms with Crippen LogP contribution in [0.15, 0.2) is 29.2 Å². The van der Waals surface area contributed by atoms with Crippen molar-refractivity contribution in [1.29, 1.82) is 0 Å². The van der Waals surface area contributed by atoms with Gasteiger partial charge in [-0.15, -0.1) is 4.79 Å². The van der Waals surface area contributed by atoms with Gasteiger partial charge >= 0.3 is 4.38 Å². The average Bonchev–Trinajstić information content (AvgIpc) is 2.93. The van der Waals surface area contributed by atoms with Crippen LogP contribution in [0.2, 0.25) is 5.02 Å². The van der Waals surface area contributed by atoms with Crippen LogP contribution < -0.4 is 0 Å². The quantitative estimate of drug-likeness (QED) is 0.353. The summed E-state index contributed by atoms with van der Waals surface area (Å²) in [6.07, 6.45) is 2.13. The van der Waals surface area contributed by atoms with E-state index in [-0.39, 0.29) is 9.92 Å². The largest absolute Gasteiger partial charge is 0.499 e. The lowest BCUT2D eigenvalue weighted by atomic mass is 10.4. The van der Waals surface area contributed by atoms with Crippen LogP contribution in [0, 0.1) is 0 Å². The first-order valence-corrected chi connectivity index (χ1v) is 9.68. The highest BCUT2D eigenvalue weighted by Crippen LogP contribution is 2.30. The highest BCUT2D eigenvalue weighted by atomic mass is 35.5. The molecule has 0 heterocycles. The van der Waals surface area contributed by atoms with Crippen LogP contribution in [0.5, 0.6) is 0 Å². The maximum absolute atomic E-state index is 12.4. The topological polar surface area (TPSA) is 105 Å². The molecule has 0 unspecified atom stereocenters. The van der Waals surface area contributed by atoms with Gasteiger partial charge < -0.3 is 5.53 Å². The minimum Gasteiger partial charge on any atom is -0.359 e. The monoisotopic (exact) mass is 348 g/mol. The van der Waals surface area contributed by atoms with Gasteiger partial charge in [0, 0.05) is 0 Å². The van der Waals surface area contributed by atoms with E-state index in [4.69, 9.17) is 17.1 Å². The molecule has 1 fully saturated rings. The minimum atomic E-state index is -4.50. The summed E-state index contributed by atoms with van der Waals surface area (Å²) in [6, 6.07) is 5.43. The summed E-state index contributed by atoms with van der Waals surface area (Å²) in [7, 11) is -8.72. The number of sulfone groups is 2. The van der Waals surface area contributed by atoms with Crippen molar-refractivity contribution < 1.29 is 21.6 Å². The van der Waals surface area contributed by atoms with Gasteiger partial charge in [0.1, 0.15) is 0 Å². The molecule has 9 heteroatoms. The molecule has 1 aliphatic rings. The highest BCUT2D eigenvalue weighted by molar-refractivity contribution is 8.31. The molecule has 0 amide bonds. The molecule has 0 aliphatic heterocycles. The zero-order chi connectivity index (χ0) is 15.7. The van der Waals surface area contributed by atoms with Crippen molar-refractivity contribution in [2.75, 3.05) is 0 Å². The van der Waals surface area contributed by atoms with E-state index >= 15 is 0 Å². The Labute approximate surface area is 128 Å². The normalized spacial score (nSPS) is 16.6. The van der Waals surface area contributed by atoms with Crippen LogP contribution >= 0.6 is 11.6 Å². The summed E-state index contributed by atoms with van der Waals surface area (Å²) in [5, 5.41) is -0.957. The van der Waals surface area contributed by atoms with E-state index in [9.17, 15) is 16.8 Å². The third kappa shape index (κ3) is 2.89. The number of hydrogen-bond acceptors (Lipinski definition) is 4. The van der Waals surface area contributed by atoms with Crippen LogP contribution in [0.25, 0.3) is 5.53 Å². The van der Waals surface area contributed by atoms with Crippen molar-refractivity contribution in [3.8, 4) is 0 Å². The summed E-state index contributed by atoms with van der Waals surface area (Å²) in [4.78, 5) is 2.19. The molecule has 0 atom stereocenters. The fourth-order valence-corrected chi connectivity index (χ4v) is 6.93. The van der Waals surface area contributed by atoms with Gasteiger partial charge in [0.25, 0.3) is 19.7 Å². The van der Waals surface area contributed by atoms with E-state index in [1.807, 2.05) is 0 Å². The first-order valence-electron chi connectivity index (χ1n) is 6.27. The first-order chi connectivity index (χ1) is 9.81. The lowest BCUT2D eigenvalue weighted by Crippen LogP contribution is -2.33. The Morgan fingerprint density at radius 1 is 1.14 bits per heavy atom. The lowest BCUT2D eigenvalue weighted by molar-refractivity contribution is 0.00373. The van der Waals surface area contributed by atoms with Gasteiger partial charge in [-0.05, 0) is 25.0 Å². The van der Waals surface area contributed by atoms with Crippen molar-refractivity contribution in [3.05, 3.63) is 34.8 Å². The Balaban J connectivity index is 2.57. The molecule has 0 spiro atoms. The Morgan fingerprint density at radius 3 is 2.24 bits per heavy atom. The molecule has 1 aromatic carbocycles. The second-order valence-electron chi connectivity index (χ2n) is 4.75.